The molecule has 0 radical (unpaired) electrons. The van der Waals surface area contributed by atoms with Crippen molar-refractivity contribution in [2.75, 3.05) is 6.61 Å². The first-order valence-electron chi connectivity index (χ1n) is 8.14. The van der Waals surface area contributed by atoms with E-state index >= 15 is 0 Å². The zero-order valence-corrected chi connectivity index (χ0v) is 14.3. The van der Waals surface area contributed by atoms with Gasteiger partial charge in [0.15, 0.2) is 6.61 Å². The molecule has 1 amide bonds. The first-order chi connectivity index (χ1) is 12.7. The summed E-state index contributed by atoms with van der Waals surface area (Å²) in [4.78, 5) is 12.1. The summed E-state index contributed by atoms with van der Waals surface area (Å²) in [5.41, 5.74) is 2.54. The Morgan fingerprint density at radius 1 is 1.27 bits per heavy atom. The summed E-state index contributed by atoms with van der Waals surface area (Å²) >= 11 is 0. The lowest BCUT2D eigenvalue weighted by Crippen LogP contribution is -2.31. The van der Waals surface area contributed by atoms with E-state index < -0.39 is 6.04 Å². The van der Waals surface area contributed by atoms with Crippen LogP contribution in [-0.4, -0.2) is 22.3 Å². The maximum absolute atomic E-state index is 12.1. The lowest BCUT2D eigenvalue weighted by atomic mass is 10.2. The molecule has 0 spiro atoms. The van der Waals surface area contributed by atoms with Gasteiger partial charge in [-0.25, -0.2) is 4.68 Å². The number of aryl methyl sites for hydroxylation is 1. The third-order valence-corrected chi connectivity index (χ3v) is 3.75. The van der Waals surface area contributed by atoms with E-state index in [4.69, 9.17) is 4.74 Å². The average molecular weight is 346 g/mol. The Morgan fingerprint density at radius 2 is 2.08 bits per heavy atom. The SMILES string of the molecule is Cc1cccc(OCC(=O)NC(C#N)c2cnn(-c3ccccc3)c2)c1. The highest BCUT2D eigenvalue weighted by atomic mass is 16.5. The molecule has 1 atom stereocenters. The summed E-state index contributed by atoms with van der Waals surface area (Å²) in [6.45, 7) is 1.79. The van der Waals surface area contributed by atoms with E-state index in [9.17, 15) is 10.1 Å². The number of hydrogen-bond acceptors (Lipinski definition) is 4. The lowest BCUT2D eigenvalue weighted by Gasteiger charge is -2.11. The number of hydrogen-bond donors (Lipinski definition) is 1. The molecule has 1 unspecified atom stereocenters. The van der Waals surface area contributed by atoms with Crippen LogP contribution in [0, 0.1) is 18.3 Å². The quantitative estimate of drug-likeness (QED) is 0.744. The van der Waals surface area contributed by atoms with Gasteiger partial charge in [0, 0.05) is 11.8 Å². The minimum atomic E-state index is -0.791. The summed E-state index contributed by atoms with van der Waals surface area (Å²) in [7, 11) is 0. The number of nitrogens with one attached hydrogen (secondary N) is 1. The van der Waals surface area contributed by atoms with Crippen molar-refractivity contribution in [3.05, 3.63) is 78.1 Å². The van der Waals surface area contributed by atoms with Gasteiger partial charge < -0.3 is 10.1 Å². The van der Waals surface area contributed by atoms with Crippen molar-refractivity contribution >= 4 is 5.91 Å². The predicted molar refractivity (Wildman–Crippen MR) is 96.7 cm³/mol. The molecule has 0 saturated heterocycles. The predicted octanol–water partition coefficient (Wildman–Crippen LogP) is 2.94. The summed E-state index contributed by atoms with van der Waals surface area (Å²) in [5.74, 6) is 0.246. The Hall–Kier alpha value is -3.59. The normalized spacial score (nSPS) is 11.4. The van der Waals surface area contributed by atoms with Crippen molar-refractivity contribution in [1.29, 1.82) is 5.26 Å². The van der Waals surface area contributed by atoms with Crippen molar-refractivity contribution in [2.45, 2.75) is 13.0 Å². The van der Waals surface area contributed by atoms with E-state index in [1.165, 1.54) is 0 Å². The van der Waals surface area contributed by atoms with Crippen molar-refractivity contribution in [1.82, 2.24) is 15.1 Å². The van der Waals surface area contributed by atoms with Gasteiger partial charge in [0.05, 0.1) is 18.0 Å². The number of carbonyl (C=O) groups excluding carboxylic acids is 1. The molecule has 0 bridgehead atoms. The molecule has 0 fully saturated rings. The van der Waals surface area contributed by atoms with Crippen LogP contribution < -0.4 is 10.1 Å². The smallest absolute Gasteiger partial charge is 0.259 e. The molecule has 2 aromatic carbocycles. The van der Waals surface area contributed by atoms with Crippen LogP contribution in [0.3, 0.4) is 0 Å². The standard InChI is InChI=1S/C20H18N4O2/c1-15-6-5-9-18(10-15)26-14-20(25)23-19(11-21)16-12-22-24(13-16)17-7-3-2-4-8-17/h2-10,12-13,19H,14H2,1H3,(H,23,25). The minimum absolute atomic E-state index is 0.158. The number of ether oxygens (including phenoxy) is 1. The first kappa shape index (κ1) is 17.2. The molecular weight excluding hydrogens is 328 g/mol. The highest BCUT2D eigenvalue weighted by molar-refractivity contribution is 5.78. The van der Waals surface area contributed by atoms with Gasteiger partial charge in [-0.05, 0) is 36.8 Å². The third kappa shape index (κ3) is 4.28. The first-order valence-corrected chi connectivity index (χ1v) is 8.14. The van der Waals surface area contributed by atoms with E-state index in [0.717, 1.165) is 11.3 Å². The Bertz CT molecular complexity index is 928. The molecule has 130 valence electrons. The number of para-hydroxylation sites is 1. The van der Waals surface area contributed by atoms with Crippen molar-refractivity contribution in [2.24, 2.45) is 0 Å². The fourth-order valence-corrected chi connectivity index (χ4v) is 2.45. The van der Waals surface area contributed by atoms with Crippen LogP contribution in [0.1, 0.15) is 17.2 Å². The highest BCUT2D eigenvalue weighted by Crippen LogP contribution is 2.15. The van der Waals surface area contributed by atoms with Crippen LogP contribution >= 0.6 is 0 Å². The molecule has 0 saturated carbocycles. The summed E-state index contributed by atoms with van der Waals surface area (Å²) < 4.78 is 7.12. The van der Waals surface area contributed by atoms with E-state index in [0.29, 0.717) is 11.3 Å². The second kappa shape index (κ2) is 7.99. The fourth-order valence-electron chi connectivity index (χ4n) is 2.45. The van der Waals surface area contributed by atoms with Crippen molar-refractivity contribution in [3.63, 3.8) is 0 Å². The Labute approximate surface area is 151 Å². The Kier molecular flexibility index (Phi) is 5.30. The number of rotatable bonds is 6. The van der Waals surface area contributed by atoms with Gasteiger partial charge in [-0.15, -0.1) is 0 Å². The number of carbonyl (C=O) groups is 1. The molecular formula is C20H18N4O2. The molecule has 1 aromatic heterocycles. The number of nitrogens with zero attached hydrogens (tertiary/aromatic N) is 3. The average Bonchev–Trinajstić information content (AvgIpc) is 3.15. The van der Waals surface area contributed by atoms with Crippen LogP contribution in [0.5, 0.6) is 5.75 Å². The zero-order chi connectivity index (χ0) is 18.4. The van der Waals surface area contributed by atoms with Crippen LogP contribution in [0.4, 0.5) is 0 Å². The molecule has 1 heterocycles. The summed E-state index contributed by atoms with van der Waals surface area (Å²) in [6, 6.07) is 18.3. The highest BCUT2D eigenvalue weighted by Gasteiger charge is 2.16. The molecule has 1 N–H and O–H groups in total. The van der Waals surface area contributed by atoms with Crippen LogP contribution in [-0.2, 0) is 4.79 Å². The Balaban J connectivity index is 1.62. The molecule has 3 rings (SSSR count). The van der Waals surface area contributed by atoms with Gasteiger partial charge in [-0.3, -0.25) is 4.79 Å². The molecule has 26 heavy (non-hydrogen) atoms. The minimum Gasteiger partial charge on any atom is -0.484 e. The lowest BCUT2D eigenvalue weighted by molar-refractivity contribution is -0.123. The molecule has 6 heteroatoms. The van der Waals surface area contributed by atoms with Gasteiger partial charge >= 0.3 is 0 Å². The maximum atomic E-state index is 12.1. The zero-order valence-electron chi connectivity index (χ0n) is 14.3. The maximum Gasteiger partial charge on any atom is 0.259 e. The number of amides is 1. The van der Waals surface area contributed by atoms with Gasteiger partial charge in [0.25, 0.3) is 5.91 Å². The van der Waals surface area contributed by atoms with Gasteiger partial charge in [0.2, 0.25) is 0 Å². The third-order valence-electron chi connectivity index (χ3n) is 3.75. The van der Waals surface area contributed by atoms with Gasteiger partial charge in [-0.1, -0.05) is 30.3 Å². The van der Waals surface area contributed by atoms with Crippen LogP contribution in [0.25, 0.3) is 5.69 Å². The number of aromatic nitrogens is 2. The topological polar surface area (TPSA) is 79.9 Å². The molecule has 0 aliphatic heterocycles. The molecule has 0 aliphatic rings. The monoisotopic (exact) mass is 346 g/mol. The summed E-state index contributed by atoms with van der Waals surface area (Å²) in [6.07, 6.45) is 3.30. The van der Waals surface area contributed by atoms with E-state index in [-0.39, 0.29) is 12.5 Å². The van der Waals surface area contributed by atoms with Crippen molar-refractivity contribution < 1.29 is 9.53 Å². The van der Waals surface area contributed by atoms with E-state index in [1.54, 1.807) is 23.1 Å². The molecule has 0 aliphatic carbocycles. The Morgan fingerprint density at radius 3 is 2.81 bits per heavy atom. The number of benzene rings is 2. The molecule has 6 nitrogen and oxygen atoms in total. The van der Waals surface area contributed by atoms with Gasteiger partial charge in [0.1, 0.15) is 11.8 Å². The van der Waals surface area contributed by atoms with E-state index in [1.807, 2.05) is 55.5 Å². The number of nitriles is 1. The summed E-state index contributed by atoms with van der Waals surface area (Å²) in [5, 5.41) is 16.3. The van der Waals surface area contributed by atoms with Crippen LogP contribution in [0.15, 0.2) is 67.0 Å². The second-order valence-corrected chi connectivity index (χ2v) is 5.79. The molecule has 3 aromatic rings. The largest absolute Gasteiger partial charge is 0.484 e. The fraction of sp³-hybridized carbons (Fsp3) is 0.150. The van der Waals surface area contributed by atoms with Crippen LogP contribution in [0.2, 0.25) is 0 Å². The van der Waals surface area contributed by atoms with Gasteiger partial charge in [-0.2, -0.15) is 10.4 Å². The van der Waals surface area contributed by atoms with Crippen molar-refractivity contribution in [3.8, 4) is 17.5 Å². The second-order valence-electron chi connectivity index (χ2n) is 5.79. The van der Waals surface area contributed by atoms with E-state index in [2.05, 4.69) is 16.5 Å².